The van der Waals surface area contributed by atoms with Crippen LogP contribution in [0.5, 0.6) is 0 Å². The number of nitrogens with zero attached hydrogens (tertiary/aromatic N) is 1. The fourth-order valence-corrected chi connectivity index (χ4v) is 3.03. The van der Waals surface area contributed by atoms with Crippen LogP contribution in [0.1, 0.15) is 23.7 Å². The number of esters is 1. The molecule has 0 N–H and O–H groups in total. The highest BCUT2D eigenvalue weighted by molar-refractivity contribution is 8.13. The molecular weight excluding hydrogens is 309 g/mol. The minimum atomic E-state index is -0.642. The Morgan fingerprint density at radius 2 is 2.18 bits per heavy atom. The first-order valence-corrected chi connectivity index (χ1v) is 7.72. The van der Waals surface area contributed by atoms with Crippen molar-refractivity contribution in [1.29, 1.82) is 0 Å². The Bertz CT molecular complexity index is 620. The summed E-state index contributed by atoms with van der Waals surface area (Å²) in [6, 6.07) is 3.89. The number of thioether (sulfide) groups is 1. The van der Waals surface area contributed by atoms with Crippen molar-refractivity contribution >= 4 is 34.4 Å². The molecule has 5 nitrogen and oxygen atoms in total. The van der Waals surface area contributed by atoms with Gasteiger partial charge in [-0.2, -0.15) is 0 Å². The van der Waals surface area contributed by atoms with Crippen molar-refractivity contribution in [1.82, 2.24) is 0 Å². The molecule has 1 saturated heterocycles. The van der Waals surface area contributed by atoms with Crippen molar-refractivity contribution in [3.05, 3.63) is 29.6 Å². The second kappa shape index (κ2) is 6.91. The maximum absolute atomic E-state index is 14.2. The molecule has 1 unspecified atom stereocenters. The third kappa shape index (κ3) is 3.65. The number of anilines is 1. The quantitative estimate of drug-likeness (QED) is 0.795. The van der Waals surface area contributed by atoms with E-state index >= 15 is 0 Å². The first kappa shape index (κ1) is 16.5. The van der Waals surface area contributed by atoms with Crippen molar-refractivity contribution in [3.8, 4) is 0 Å². The molecule has 0 aromatic heterocycles. The van der Waals surface area contributed by atoms with Crippen LogP contribution in [0.3, 0.4) is 0 Å². The largest absolute Gasteiger partial charge is 0.465 e. The van der Waals surface area contributed by atoms with Gasteiger partial charge in [0.25, 0.3) is 0 Å². The topological polar surface area (TPSA) is 63.7 Å². The summed E-state index contributed by atoms with van der Waals surface area (Å²) in [5, 5.41) is -0.000453. The zero-order chi connectivity index (χ0) is 16.3. The fraction of sp³-hybridized carbons (Fsp3) is 0.400. The number of benzene rings is 1. The molecule has 118 valence electrons. The van der Waals surface area contributed by atoms with E-state index in [1.54, 1.807) is 0 Å². The van der Waals surface area contributed by atoms with Gasteiger partial charge in [-0.15, -0.1) is 0 Å². The monoisotopic (exact) mass is 325 g/mol. The molecule has 0 spiro atoms. The molecule has 1 fully saturated rings. The maximum atomic E-state index is 14.2. The van der Waals surface area contributed by atoms with Gasteiger partial charge in [-0.3, -0.25) is 9.59 Å². The van der Waals surface area contributed by atoms with Crippen molar-refractivity contribution in [2.75, 3.05) is 24.3 Å². The van der Waals surface area contributed by atoms with Crippen molar-refractivity contribution < 1.29 is 23.5 Å². The average Bonchev–Trinajstić information content (AvgIpc) is 2.85. The van der Waals surface area contributed by atoms with E-state index in [1.807, 2.05) is 0 Å². The van der Waals surface area contributed by atoms with Crippen molar-refractivity contribution in [2.24, 2.45) is 5.92 Å². The van der Waals surface area contributed by atoms with Gasteiger partial charge in [0.1, 0.15) is 5.82 Å². The number of hydrogen-bond donors (Lipinski definition) is 0. The molecule has 1 heterocycles. The van der Waals surface area contributed by atoms with E-state index in [0.29, 0.717) is 18.7 Å². The van der Waals surface area contributed by atoms with E-state index in [2.05, 4.69) is 4.74 Å². The summed E-state index contributed by atoms with van der Waals surface area (Å²) in [4.78, 5) is 35.7. The molecule has 1 aliphatic heterocycles. The summed E-state index contributed by atoms with van der Waals surface area (Å²) in [6.07, 6.45) is 0.290. The summed E-state index contributed by atoms with van der Waals surface area (Å²) in [6.45, 7) is 1.85. The molecule has 1 amide bonds. The lowest BCUT2D eigenvalue weighted by Crippen LogP contribution is -2.26. The molecule has 22 heavy (non-hydrogen) atoms. The van der Waals surface area contributed by atoms with Crippen LogP contribution in [0.15, 0.2) is 18.2 Å². The van der Waals surface area contributed by atoms with Gasteiger partial charge in [0, 0.05) is 25.6 Å². The highest BCUT2D eigenvalue weighted by Gasteiger charge is 2.32. The summed E-state index contributed by atoms with van der Waals surface area (Å²) in [5.74, 6) is -0.899. The number of amides is 1. The molecule has 1 atom stereocenters. The number of ether oxygens (including phenoxy) is 1. The number of rotatable bonds is 4. The van der Waals surface area contributed by atoms with E-state index in [9.17, 15) is 18.8 Å². The summed E-state index contributed by atoms with van der Waals surface area (Å²) >= 11 is 1.17. The highest BCUT2D eigenvalue weighted by Crippen LogP contribution is 2.29. The zero-order valence-electron chi connectivity index (χ0n) is 12.3. The molecule has 1 aromatic rings. The highest BCUT2D eigenvalue weighted by atomic mass is 32.2. The summed E-state index contributed by atoms with van der Waals surface area (Å²) in [5.41, 5.74) is 0.243. The normalized spacial score (nSPS) is 17.7. The van der Waals surface area contributed by atoms with Crippen LogP contribution < -0.4 is 4.90 Å². The lowest BCUT2D eigenvalue weighted by molar-refractivity contribution is -0.117. The van der Waals surface area contributed by atoms with E-state index in [-0.39, 0.29) is 28.2 Å². The molecule has 7 heteroatoms. The zero-order valence-corrected chi connectivity index (χ0v) is 13.1. The Morgan fingerprint density at radius 3 is 2.77 bits per heavy atom. The van der Waals surface area contributed by atoms with Gasteiger partial charge in [0.2, 0.25) is 5.91 Å². The Labute approximate surface area is 131 Å². The van der Waals surface area contributed by atoms with Gasteiger partial charge in [0.15, 0.2) is 5.12 Å². The lowest BCUT2D eigenvalue weighted by Gasteiger charge is -2.17. The SMILES string of the molecule is COC(=O)c1ccc(N2CC(CSC(C)=O)CC2=O)c(F)c1. The van der Waals surface area contributed by atoms with Crippen LogP contribution >= 0.6 is 11.8 Å². The smallest absolute Gasteiger partial charge is 0.337 e. The first-order chi connectivity index (χ1) is 10.4. The number of methoxy groups -OCH3 is 1. The van der Waals surface area contributed by atoms with Crippen LogP contribution in [0.4, 0.5) is 10.1 Å². The summed E-state index contributed by atoms with van der Waals surface area (Å²) in [7, 11) is 1.22. The van der Waals surface area contributed by atoms with Gasteiger partial charge in [-0.25, -0.2) is 9.18 Å². The summed E-state index contributed by atoms with van der Waals surface area (Å²) < 4.78 is 18.7. The molecular formula is C15H16FNO4S. The number of carbonyl (C=O) groups is 3. The molecule has 1 aromatic carbocycles. The van der Waals surface area contributed by atoms with Gasteiger partial charge in [0.05, 0.1) is 18.4 Å². The third-order valence-electron chi connectivity index (χ3n) is 3.39. The van der Waals surface area contributed by atoms with E-state index < -0.39 is 11.8 Å². The van der Waals surface area contributed by atoms with Crippen LogP contribution in [0, 0.1) is 11.7 Å². The molecule has 0 radical (unpaired) electrons. The molecule has 0 aliphatic carbocycles. The number of carbonyl (C=O) groups excluding carboxylic acids is 3. The molecule has 0 bridgehead atoms. The van der Waals surface area contributed by atoms with Crippen molar-refractivity contribution in [2.45, 2.75) is 13.3 Å². The second-order valence-electron chi connectivity index (χ2n) is 5.03. The average molecular weight is 325 g/mol. The van der Waals surface area contributed by atoms with Gasteiger partial charge in [-0.1, -0.05) is 11.8 Å². The van der Waals surface area contributed by atoms with Gasteiger partial charge in [-0.05, 0) is 24.1 Å². The molecule has 2 rings (SSSR count). The number of halogens is 1. The minimum Gasteiger partial charge on any atom is -0.465 e. The predicted molar refractivity (Wildman–Crippen MR) is 81.3 cm³/mol. The van der Waals surface area contributed by atoms with E-state index in [1.165, 1.54) is 42.8 Å². The Balaban J connectivity index is 2.13. The standard InChI is InChI=1S/C15H16FNO4S/c1-9(18)22-8-10-5-14(19)17(7-10)13-4-3-11(6-12(13)16)15(20)21-2/h3-4,6,10H,5,7-8H2,1-2H3. The van der Waals surface area contributed by atoms with Crippen LogP contribution in [-0.2, 0) is 14.3 Å². The van der Waals surface area contributed by atoms with Crippen molar-refractivity contribution in [3.63, 3.8) is 0 Å². The molecule has 1 aliphatic rings. The fourth-order valence-electron chi connectivity index (χ4n) is 2.33. The Hall–Kier alpha value is -1.89. The van der Waals surface area contributed by atoms with Gasteiger partial charge >= 0.3 is 5.97 Å². The Kier molecular flexibility index (Phi) is 5.18. The van der Waals surface area contributed by atoms with Crippen LogP contribution in [0.25, 0.3) is 0 Å². The Morgan fingerprint density at radius 1 is 1.45 bits per heavy atom. The van der Waals surface area contributed by atoms with Crippen LogP contribution in [0.2, 0.25) is 0 Å². The first-order valence-electron chi connectivity index (χ1n) is 6.74. The van der Waals surface area contributed by atoms with Crippen LogP contribution in [-0.4, -0.2) is 36.4 Å². The van der Waals surface area contributed by atoms with E-state index in [0.717, 1.165) is 6.07 Å². The number of hydrogen-bond acceptors (Lipinski definition) is 5. The maximum Gasteiger partial charge on any atom is 0.337 e. The van der Waals surface area contributed by atoms with E-state index in [4.69, 9.17) is 0 Å². The lowest BCUT2D eigenvalue weighted by atomic mass is 10.1. The minimum absolute atomic E-state index is 0.000453. The van der Waals surface area contributed by atoms with Gasteiger partial charge < -0.3 is 9.64 Å². The third-order valence-corrected chi connectivity index (χ3v) is 4.43. The second-order valence-corrected chi connectivity index (χ2v) is 6.23. The molecule has 0 saturated carbocycles. The predicted octanol–water partition coefficient (Wildman–Crippen LogP) is 2.24.